The fourth-order valence-electron chi connectivity index (χ4n) is 2.28. The number of halogens is 3. The van der Waals surface area contributed by atoms with Crippen molar-refractivity contribution in [3.63, 3.8) is 0 Å². The minimum atomic E-state index is -4.48. The van der Waals surface area contributed by atoms with E-state index in [-0.39, 0.29) is 19.0 Å². The number of hydrogen-bond donors (Lipinski definition) is 0. The summed E-state index contributed by atoms with van der Waals surface area (Å²) in [5.41, 5.74) is 0.736. The predicted molar refractivity (Wildman–Crippen MR) is 67.0 cm³/mol. The Labute approximate surface area is 118 Å². The van der Waals surface area contributed by atoms with Crippen LogP contribution in [-0.2, 0) is 24.1 Å². The highest BCUT2D eigenvalue weighted by atomic mass is 19.4. The van der Waals surface area contributed by atoms with E-state index in [0.717, 1.165) is 6.20 Å². The van der Waals surface area contributed by atoms with Crippen LogP contribution in [-0.4, -0.2) is 16.2 Å². The Morgan fingerprint density at radius 3 is 2.86 bits per heavy atom. The number of nitrogens with zero attached hydrogens (tertiary/aromatic N) is 3. The van der Waals surface area contributed by atoms with Crippen LogP contribution in [0.5, 0.6) is 0 Å². The summed E-state index contributed by atoms with van der Waals surface area (Å²) in [4.78, 5) is 3.72. The molecule has 0 fully saturated rings. The van der Waals surface area contributed by atoms with Gasteiger partial charge >= 0.3 is 6.18 Å². The number of rotatable bonds is 0. The Kier molecular flexibility index (Phi) is 3.18. The molecule has 0 atom stereocenters. The maximum Gasteiger partial charge on any atom is 0.434 e. The van der Waals surface area contributed by atoms with Crippen molar-refractivity contribution >= 4 is 0 Å². The number of hydrogen-bond acceptors (Lipinski definition) is 3. The van der Waals surface area contributed by atoms with E-state index in [1.54, 1.807) is 18.2 Å². The van der Waals surface area contributed by atoms with Crippen LogP contribution in [0, 0.1) is 11.3 Å². The molecule has 0 saturated carbocycles. The van der Waals surface area contributed by atoms with Crippen molar-refractivity contribution in [2.45, 2.75) is 19.3 Å². The van der Waals surface area contributed by atoms with Gasteiger partial charge in [-0.05, 0) is 23.8 Å². The SMILES string of the molecule is N#Cc1ccc2c(c1)COCCn1cc(C(F)(F)F)nc1-2. The first-order valence-corrected chi connectivity index (χ1v) is 6.24. The summed E-state index contributed by atoms with van der Waals surface area (Å²) in [5.74, 6) is 0.255. The molecule has 0 unspecified atom stereocenters. The van der Waals surface area contributed by atoms with Gasteiger partial charge in [0.15, 0.2) is 5.69 Å². The molecule has 7 heteroatoms. The summed E-state index contributed by atoms with van der Waals surface area (Å²) in [5, 5.41) is 8.91. The van der Waals surface area contributed by atoms with Gasteiger partial charge in [0.25, 0.3) is 0 Å². The minimum Gasteiger partial charge on any atom is -0.375 e. The van der Waals surface area contributed by atoms with Crippen LogP contribution < -0.4 is 0 Å². The summed E-state index contributed by atoms with van der Waals surface area (Å²) in [6.45, 7) is 0.841. The molecule has 0 amide bonds. The molecule has 3 rings (SSSR count). The van der Waals surface area contributed by atoms with Gasteiger partial charge in [-0.3, -0.25) is 0 Å². The van der Waals surface area contributed by atoms with E-state index in [0.29, 0.717) is 23.2 Å². The summed E-state index contributed by atoms with van der Waals surface area (Å²) in [6, 6.07) is 6.80. The molecular formula is C14H10F3N3O. The van der Waals surface area contributed by atoms with E-state index in [2.05, 4.69) is 4.98 Å². The Morgan fingerprint density at radius 2 is 2.14 bits per heavy atom. The fourth-order valence-corrected chi connectivity index (χ4v) is 2.28. The highest BCUT2D eigenvalue weighted by Gasteiger charge is 2.35. The lowest BCUT2D eigenvalue weighted by molar-refractivity contribution is -0.140. The van der Waals surface area contributed by atoms with Crippen LogP contribution in [0.25, 0.3) is 11.4 Å². The topological polar surface area (TPSA) is 50.8 Å². The summed E-state index contributed by atoms with van der Waals surface area (Å²) < 4.78 is 45.3. The standard InChI is InChI=1S/C14H10F3N3O/c15-14(16,17)12-7-20-3-4-21-8-10-5-9(6-18)1-2-11(10)13(20)19-12/h1-2,5,7H,3-4,8H2. The second-order valence-corrected chi connectivity index (χ2v) is 4.68. The van der Waals surface area contributed by atoms with Crippen molar-refractivity contribution in [1.29, 1.82) is 5.26 Å². The van der Waals surface area contributed by atoms with Crippen LogP contribution in [0.3, 0.4) is 0 Å². The third-order valence-corrected chi connectivity index (χ3v) is 3.28. The first kappa shape index (κ1) is 13.6. The molecule has 1 aliphatic heterocycles. The number of fused-ring (bicyclic) bond motifs is 3. The van der Waals surface area contributed by atoms with Gasteiger partial charge in [-0.1, -0.05) is 0 Å². The number of alkyl halides is 3. The third-order valence-electron chi connectivity index (χ3n) is 3.28. The lowest BCUT2D eigenvalue weighted by Crippen LogP contribution is -2.11. The van der Waals surface area contributed by atoms with Gasteiger partial charge in [-0.2, -0.15) is 18.4 Å². The summed E-state index contributed by atoms with van der Waals surface area (Å²) in [6.07, 6.45) is -3.49. The molecule has 108 valence electrons. The van der Waals surface area contributed by atoms with Crippen molar-refractivity contribution in [2.75, 3.05) is 6.61 Å². The monoisotopic (exact) mass is 293 g/mol. The molecule has 21 heavy (non-hydrogen) atoms. The normalized spacial score (nSPS) is 14.6. The maximum atomic E-state index is 12.8. The van der Waals surface area contributed by atoms with E-state index >= 15 is 0 Å². The Morgan fingerprint density at radius 1 is 1.33 bits per heavy atom. The van der Waals surface area contributed by atoms with Crippen molar-refractivity contribution in [1.82, 2.24) is 9.55 Å². The highest BCUT2D eigenvalue weighted by molar-refractivity contribution is 5.63. The summed E-state index contributed by atoms with van der Waals surface area (Å²) >= 11 is 0. The molecule has 0 spiro atoms. The Hall–Kier alpha value is -2.33. The molecule has 2 aromatic rings. The first-order valence-electron chi connectivity index (χ1n) is 6.24. The Balaban J connectivity index is 2.17. The molecular weight excluding hydrogens is 283 g/mol. The maximum absolute atomic E-state index is 12.8. The predicted octanol–water partition coefficient (Wildman–Crippen LogP) is 2.97. The van der Waals surface area contributed by atoms with Gasteiger partial charge in [0.1, 0.15) is 5.82 Å². The van der Waals surface area contributed by atoms with Crippen LogP contribution in [0.4, 0.5) is 13.2 Å². The summed E-state index contributed by atoms with van der Waals surface area (Å²) in [7, 11) is 0. The van der Waals surface area contributed by atoms with E-state index in [1.807, 2.05) is 6.07 Å². The van der Waals surface area contributed by atoms with Gasteiger partial charge in [-0.25, -0.2) is 4.98 Å². The van der Waals surface area contributed by atoms with E-state index in [1.165, 1.54) is 4.57 Å². The minimum absolute atomic E-state index is 0.249. The van der Waals surface area contributed by atoms with Crippen molar-refractivity contribution < 1.29 is 17.9 Å². The van der Waals surface area contributed by atoms with E-state index in [4.69, 9.17) is 10.00 Å². The van der Waals surface area contributed by atoms with Gasteiger partial charge in [0, 0.05) is 18.3 Å². The van der Waals surface area contributed by atoms with Crippen LogP contribution in [0.2, 0.25) is 0 Å². The number of imidazole rings is 1. The van der Waals surface area contributed by atoms with E-state index < -0.39 is 11.9 Å². The molecule has 2 heterocycles. The zero-order valence-electron chi connectivity index (χ0n) is 10.8. The van der Waals surface area contributed by atoms with E-state index in [9.17, 15) is 13.2 Å². The molecule has 0 saturated heterocycles. The second kappa shape index (κ2) is 4.90. The molecule has 1 aromatic carbocycles. The lowest BCUT2D eigenvalue weighted by Gasteiger charge is -2.16. The zero-order chi connectivity index (χ0) is 15.0. The number of nitriles is 1. The molecule has 0 N–H and O–H groups in total. The smallest absolute Gasteiger partial charge is 0.375 e. The van der Waals surface area contributed by atoms with Crippen molar-refractivity contribution in [3.8, 4) is 17.5 Å². The third kappa shape index (κ3) is 2.50. The van der Waals surface area contributed by atoms with Crippen molar-refractivity contribution in [2.24, 2.45) is 0 Å². The largest absolute Gasteiger partial charge is 0.434 e. The second-order valence-electron chi connectivity index (χ2n) is 4.68. The molecule has 0 aliphatic carbocycles. The number of ether oxygens (including phenoxy) is 1. The van der Waals surface area contributed by atoms with Crippen molar-refractivity contribution in [3.05, 3.63) is 41.2 Å². The quantitative estimate of drug-likeness (QED) is 0.750. The molecule has 1 aliphatic rings. The Bertz CT molecular complexity index is 728. The molecule has 0 radical (unpaired) electrons. The van der Waals surface area contributed by atoms with Gasteiger partial charge < -0.3 is 9.30 Å². The fraction of sp³-hybridized carbons (Fsp3) is 0.286. The lowest BCUT2D eigenvalue weighted by atomic mass is 10.0. The number of aromatic nitrogens is 2. The highest BCUT2D eigenvalue weighted by Crippen LogP contribution is 2.33. The van der Waals surface area contributed by atoms with Gasteiger partial charge in [-0.15, -0.1) is 0 Å². The van der Waals surface area contributed by atoms with Gasteiger partial charge in [0.2, 0.25) is 0 Å². The average molecular weight is 293 g/mol. The number of benzene rings is 1. The molecule has 1 aromatic heterocycles. The van der Waals surface area contributed by atoms with Crippen LogP contribution in [0.15, 0.2) is 24.4 Å². The van der Waals surface area contributed by atoms with Crippen LogP contribution in [0.1, 0.15) is 16.8 Å². The van der Waals surface area contributed by atoms with Crippen LogP contribution >= 0.6 is 0 Å². The zero-order valence-corrected chi connectivity index (χ0v) is 10.8. The first-order chi connectivity index (χ1) is 9.99. The van der Waals surface area contributed by atoms with Gasteiger partial charge in [0.05, 0.1) is 24.8 Å². The molecule has 0 bridgehead atoms. The average Bonchev–Trinajstić information content (AvgIpc) is 2.84. The molecule has 4 nitrogen and oxygen atoms in total.